The summed E-state index contributed by atoms with van der Waals surface area (Å²) in [5.74, 6) is 1.19. The first kappa shape index (κ1) is 19.6. The lowest BCUT2D eigenvalue weighted by molar-refractivity contribution is -0.383. The number of amides is 1. The minimum atomic E-state index is -0.505. The Morgan fingerprint density at radius 2 is 2.04 bits per heavy atom. The number of hydrogen-bond acceptors (Lipinski definition) is 6. The van der Waals surface area contributed by atoms with E-state index in [1.165, 1.54) is 12.1 Å². The fourth-order valence-electron chi connectivity index (χ4n) is 3.58. The van der Waals surface area contributed by atoms with Crippen molar-refractivity contribution in [3.05, 3.63) is 58.1 Å². The number of rotatable bonds is 7. The largest absolute Gasteiger partial charge is 0.497 e. The zero-order valence-corrected chi connectivity index (χ0v) is 15.9. The first-order chi connectivity index (χ1) is 13.5. The van der Waals surface area contributed by atoms with Crippen LogP contribution >= 0.6 is 0 Å². The molecule has 0 aromatic heterocycles. The van der Waals surface area contributed by atoms with Gasteiger partial charge in [0, 0.05) is 17.7 Å². The average Bonchev–Trinajstić information content (AvgIpc) is 3.15. The summed E-state index contributed by atoms with van der Waals surface area (Å²) in [4.78, 5) is 25.3. The number of likely N-dealkylation sites (tertiary alicyclic amines) is 1. The van der Waals surface area contributed by atoms with Crippen LogP contribution in [0.5, 0.6) is 11.5 Å². The number of anilines is 1. The minimum Gasteiger partial charge on any atom is -0.497 e. The van der Waals surface area contributed by atoms with Crippen LogP contribution in [0.2, 0.25) is 0 Å². The molecule has 1 aliphatic heterocycles. The van der Waals surface area contributed by atoms with E-state index in [0.717, 1.165) is 36.4 Å². The van der Waals surface area contributed by atoms with Crippen LogP contribution in [0.3, 0.4) is 0 Å². The third kappa shape index (κ3) is 4.23. The molecule has 1 atom stereocenters. The number of hydrogen-bond donors (Lipinski definition) is 1. The molecule has 0 unspecified atom stereocenters. The van der Waals surface area contributed by atoms with Crippen LogP contribution < -0.4 is 14.8 Å². The first-order valence-corrected chi connectivity index (χ1v) is 9.02. The molecule has 1 aliphatic rings. The van der Waals surface area contributed by atoms with E-state index in [-0.39, 0.29) is 29.9 Å². The molecule has 1 N–H and O–H groups in total. The van der Waals surface area contributed by atoms with E-state index in [9.17, 15) is 14.9 Å². The monoisotopic (exact) mass is 385 g/mol. The lowest BCUT2D eigenvalue weighted by atomic mass is 10.0. The zero-order chi connectivity index (χ0) is 20.1. The van der Waals surface area contributed by atoms with Crippen molar-refractivity contribution in [2.75, 3.05) is 32.6 Å². The van der Waals surface area contributed by atoms with Gasteiger partial charge in [0.15, 0.2) is 0 Å². The summed E-state index contributed by atoms with van der Waals surface area (Å²) in [5.41, 5.74) is 1.05. The molecule has 0 bridgehead atoms. The van der Waals surface area contributed by atoms with Gasteiger partial charge in [0.2, 0.25) is 5.91 Å². The van der Waals surface area contributed by atoms with E-state index < -0.39 is 4.92 Å². The molecule has 1 heterocycles. The van der Waals surface area contributed by atoms with Gasteiger partial charge < -0.3 is 14.8 Å². The number of carbonyl (C=O) groups is 1. The molecule has 28 heavy (non-hydrogen) atoms. The van der Waals surface area contributed by atoms with Gasteiger partial charge in [0.1, 0.15) is 17.2 Å². The number of para-hydroxylation sites is 2. The summed E-state index contributed by atoms with van der Waals surface area (Å²) in [5, 5.41) is 13.8. The normalized spacial score (nSPS) is 16.6. The van der Waals surface area contributed by atoms with Gasteiger partial charge in [-0.05, 0) is 43.7 Å². The van der Waals surface area contributed by atoms with Crippen molar-refractivity contribution in [1.29, 1.82) is 0 Å². The molecular formula is C20H23N3O5. The Kier molecular flexibility index (Phi) is 6.10. The van der Waals surface area contributed by atoms with Crippen LogP contribution in [0, 0.1) is 10.1 Å². The maximum absolute atomic E-state index is 12.6. The number of nitrogens with zero attached hydrogens (tertiary/aromatic N) is 2. The highest BCUT2D eigenvalue weighted by atomic mass is 16.6. The molecule has 1 amide bonds. The number of nitrogens with one attached hydrogen (secondary N) is 1. The standard InChI is InChI=1S/C20H23N3O5/c1-27-14-9-10-19(28-2)15(12-14)17-8-5-11-22(17)13-20(24)21-16-6-3-4-7-18(16)23(25)26/h3-4,6-7,9-10,12,17H,5,8,11,13H2,1-2H3,(H,21,24)/t17-/m1/s1. The van der Waals surface area contributed by atoms with Crippen molar-refractivity contribution in [2.45, 2.75) is 18.9 Å². The number of carbonyl (C=O) groups excluding carboxylic acids is 1. The van der Waals surface area contributed by atoms with Crippen molar-refractivity contribution in [1.82, 2.24) is 4.90 Å². The van der Waals surface area contributed by atoms with E-state index in [4.69, 9.17) is 9.47 Å². The molecule has 8 nitrogen and oxygen atoms in total. The highest BCUT2D eigenvalue weighted by molar-refractivity contribution is 5.94. The molecule has 1 saturated heterocycles. The molecule has 0 aliphatic carbocycles. The predicted octanol–water partition coefficient (Wildman–Crippen LogP) is 3.39. The summed E-state index contributed by atoms with van der Waals surface area (Å²) in [7, 11) is 3.23. The van der Waals surface area contributed by atoms with Gasteiger partial charge in [-0.1, -0.05) is 12.1 Å². The van der Waals surface area contributed by atoms with Crippen LogP contribution in [-0.4, -0.2) is 43.0 Å². The van der Waals surface area contributed by atoms with Crippen LogP contribution in [-0.2, 0) is 4.79 Å². The van der Waals surface area contributed by atoms with Crippen LogP contribution in [0.4, 0.5) is 11.4 Å². The topological polar surface area (TPSA) is 93.9 Å². The second-order valence-corrected chi connectivity index (χ2v) is 6.56. The molecule has 0 saturated carbocycles. The van der Waals surface area contributed by atoms with Crippen molar-refractivity contribution in [2.24, 2.45) is 0 Å². The number of ether oxygens (including phenoxy) is 2. The Morgan fingerprint density at radius 3 is 2.75 bits per heavy atom. The van der Waals surface area contributed by atoms with Crippen LogP contribution in [0.25, 0.3) is 0 Å². The van der Waals surface area contributed by atoms with Crippen LogP contribution in [0.15, 0.2) is 42.5 Å². The highest BCUT2D eigenvalue weighted by Crippen LogP contribution is 2.38. The van der Waals surface area contributed by atoms with Crippen molar-refractivity contribution >= 4 is 17.3 Å². The highest BCUT2D eigenvalue weighted by Gasteiger charge is 2.30. The Hall–Kier alpha value is -3.13. The van der Waals surface area contributed by atoms with E-state index in [1.54, 1.807) is 26.4 Å². The quantitative estimate of drug-likeness (QED) is 0.580. The summed E-state index contributed by atoms with van der Waals surface area (Å²) in [6, 6.07) is 11.8. The fourth-order valence-corrected chi connectivity index (χ4v) is 3.58. The van der Waals surface area contributed by atoms with Gasteiger partial charge in [-0.25, -0.2) is 0 Å². The number of methoxy groups -OCH3 is 2. The molecule has 3 rings (SSSR count). The second kappa shape index (κ2) is 8.71. The van der Waals surface area contributed by atoms with Crippen molar-refractivity contribution < 1.29 is 19.2 Å². The summed E-state index contributed by atoms with van der Waals surface area (Å²) in [6.07, 6.45) is 1.84. The Labute approximate surface area is 163 Å². The molecule has 8 heteroatoms. The lowest BCUT2D eigenvalue weighted by Gasteiger charge is -2.26. The molecule has 1 fully saturated rings. The fraction of sp³-hybridized carbons (Fsp3) is 0.350. The second-order valence-electron chi connectivity index (χ2n) is 6.56. The van der Waals surface area contributed by atoms with E-state index in [1.807, 2.05) is 18.2 Å². The SMILES string of the molecule is COc1ccc(OC)c([C@H]2CCCN2CC(=O)Nc2ccccc2[N+](=O)[O-])c1. The van der Waals surface area contributed by atoms with Gasteiger partial charge in [-0.3, -0.25) is 19.8 Å². The molecule has 2 aromatic rings. The van der Waals surface area contributed by atoms with Crippen molar-refractivity contribution in [3.63, 3.8) is 0 Å². The molecule has 148 valence electrons. The Morgan fingerprint density at radius 1 is 1.25 bits per heavy atom. The van der Waals surface area contributed by atoms with Crippen molar-refractivity contribution in [3.8, 4) is 11.5 Å². The number of benzene rings is 2. The predicted molar refractivity (Wildman–Crippen MR) is 105 cm³/mol. The minimum absolute atomic E-state index is 0.0153. The molecule has 0 radical (unpaired) electrons. The van der Waals surface area contributed by atoms with Crippen LogP contribution in [0.1, 0.15) is 24.4 Å². The molecule has 2 aromatic carbocycles. The van der Waals surface area contributed by atoms with Gasteiger partial charge in [0.05, 0.1) is 25.7 Å². The summed E-state index contributed by atoms with van der Waals surface area (Å²) in [6.45, 7) is 0.895. The van der Waals surface area contributed by atoms with Gasteiger partial charge in [0.25, 0.3) is 5.69 Å². The summed E-state index contributed by atoms with van der Waals surface area (Å²) >= 11 is 0. The van der Waals surface area contributed by atoms with E-state index >= 15 is 0 Å². The molecule has 0 spiro atoms. The van der Waals surface area contributed by atoms with Gasteiger partial charge in [-0.2, -0.15) is 0 Å². The van der Waals surface area contributed by atoms with E-state index in [0.29, 0.717) is 0 Å². The van der Waals surface area contributed by atoms with E-state index in [2.05, 4.69) is 10.2 Å². The smallest absolute Gasteiger partial charge is 0.292 e. The Balaban J connectivity index is 1.76. The Bertz CT molecular complexity index is 871. The zero-order valence-electron chi connectivity index (χ0n) is 15.9. The maximum atomic E-state index is 12.6. The van der Waals surface area contributed by atoms with Gasteiger partial charge in [-0.15, -0.1) is 0 Å². The number of nitro groups is 1. The summed E-state index contributed by atoms with van der Waals surface area (Å²) < 4.78 is 10.8. The average molecular weight is 385 g/mol. The third-order valence-corrected chi connectivity index (χ3v) is 4.88. The maximum Gasteiger partial charge on any atom is 0.292 e. The number of nitro benzene ring substituents is 1. The lowest BCUT2D eigenvalue weighted by Crippen LogP contribution is -2.33. The van der Waals surface area contributed by atoms with Gasteiger partial charge >= 0.3 is 0 Å². The third-order valence-electron chi connectivity index (χ3n) is 4.88. The first-order valence-electron chi connectivity index (χ1n) is 9.02. The molecular weight excluding hydrogens is 362 g/mol.